The zero-order valence-corrected chi connectivity index (χ0v) is 14.4. The number of primary amides is 1. The van der Waals surface area contributed by atoms with Gasteiger partial charge in [-0.3, -0.25) is 9.59 Å². The standard InChI is InChI=1S/C17H18N2O4S/c1-9-8-14(11(3)24-9)17(22)23-10(2)16(21)19-13-6-4-12(5-7-13)15(18)20/h4-8,10H,1-3H3,(H2,18,20)(H,19,21)/t10-/m1/s1. The number of thiophene rings is 1. The van der Waals surface area contributed by atoms with Gasteiger partial charge < -0.3 is 15.8 Å². The van der Waals surface area contributed by atoms with Crippen LogP contribution in [0.15, 0.2) is 30.3 Å². The number of hydrogen-bond acceptors (Lipinski definition) is 5. The normalized spacial score (nSPS) is 11.6. The maximum Gasteiger partial charge on any atom is 0.340 e. The number of carbonyl (C=O) groups is 3. The second-order valence-corrected chi connectivity index (χ2v) is 6.77. The largest absolute Gasteiger partial charge is 0.449 e. The number of nitrogens with two attached hydrogens (primary N) is 1. The number of carbonyl (C=O) groups excluding carboxylic acids is 3. The van der Waals surface area contributed by atoms with Gasteiger partial charge in [-0.25, -0.2) is 4.79 Å². The lowest BCUT2D eigenvalue weighted by Crippen LogP contribution is -2.30. The maximum absolute atomic E-state index is 12.1. The molecule has 0 saturated heterocycles. The third kappa shape index (κ3) is 4.20. The number of aryl methyl sites for hydroxylation is 2. The van der Waals surface area contributed by atoms with Crippen LogP contribution in [-0.4, -0.2) is 23.9 Å². The summed E-state index contributed by atoms with van der Waals surface area (Å²) in [7, 11) is 0. The minimum absolute atomic E-state index is 0.343. The van der Waals surface area contributed by atoms with E-state index in [-0.39, 0.29) is 0 Å². The lowest BCUT2D eigenvalue weighted by molar-refractivity contribution is -0.123. The van der Waals surface area contributed by atoms with Crippen LogP contribution in [0.2, 0.25) is 0 Å². The lowest BCUT2D eigenvalue weighted by atomic mass is 10.2. The summed E-state index contributed by atoms with van der Waals surface area (Å²) in [5.41, 5.74) is 6.45. The summed E-state index contributed by atoms with van der Waals surface area (Å²) in [5.74, 6) is -1.53. The third-order valence-electron chi connectivity index (χ3n) is 3.35. The molecule has 0 fully saturated rings. The number of rotatable bonds is 5. The molecule has 0 spiro atoms. The molecule has 6 nitrogen and oxygen atoms in total. The number of anilines is 1. The quantitative estimate of drug-likeness (QED) is 0.813. The average molecular weight is 346 g/mol. The van der Waals surface area contributed by atoms with Crippen LogP contribution in [0.25, 0.3) is 0 Å². The van der Waals surface area contributed by atoms with Crippen LogP contribution in [0.5, 0.6) is 0 Å². The van der Waals surface area contributed by atoms with Crippen molar-refractivity contribution in [3.63, 3.8) is 0 Å². The van der Waals surface area contributed by atoms with Crippen LogP contribution in [0.4, 0.5) is 5.69 Å². The fourth-order valence-corrected chi connectivity index (χ4v) is 2.98. The molecule has 2 amide bonds. The van der Waals surface area contributed by atoms with Gasteiger partial charge in [0.2, 0.25) is 5.91 Å². The van der Waals surface area contributed by atoms with E-state index in [0.717, 1.165) is 9.75 Å². The monoisotopic (exact) mass is 346 g/mol. The molecule has 1 aromatic heterocycles. The summed E-state index contributed by atoms with van der Waals surface area (Å²) in [6, 6.07) is 7.87. The van der Waals surface area contributed by atoms with Crippen LogP contribution < -0.4 is 11.1 Å². The van der Waals surface area contributed by atoms with Crippen molar-refractivity contribution in [1.82, 2.24) is 0 Å². The number of amides is 2. The van der Waals surface area contributed by atoms with E-state index >= 15 is 0 Å². The predicted molar refractivity (Wildman–Crippen MR) is 92.3 cm³/mol. The molecule has 7 heteroatoms. The van der Waals surface area contributed by atoms with Crippen molar-refractivity contribution in [2.45, 2.75) is 26.9 Å². The van der Waals surface area contributed by atoms with E-state index in [1.807, 2.05) is 13.8 Å². The number of nitrogens with one attached hydrogen (secondary N) is 1. The Kier molecular flexibility index (Phi) is 5.35. The summed E-state index contributed by atoms with van der Waals surface area (Å²) >= 11 is 1.50. The van der Waals surface area contributed by atoms with Crippen LogP contribution in [0, 0.1) is 13.8 Å². The van der Waals surface area contributed by atoms with Crippen LogP contribution in [0.3, 0.4) is 0 Å². The highest BCUT2D eigenvalue weighted by Crippen LogP contribution is 2.22. The Hall–Kier alpha value is -2.67. The SMILES string of the molecule is Cc1cc(C(=O)O[C@H](C)C(=O)Nc2ccc(C(N)=O)cc2)c(C)s1. The fraction of sp³-hybridized carbons (Fsp3) is 0.235. The first-order chi connectivity index (χ1) is 11.3. The first-order valence-electron chi connectivity index (χ1n) is 7.26. The highest BCUT2D eigenvalue weighted by molar-refractivity contribution is 7.12. The van der Waals surface area contributed by atoms with Crippen molar-refractivity contribution in [2.24, 2.45) is 5.73 Å². The molecule has 3 N–H and O–H groups in total. The zero-order valence-electron chi connectivity index (χ0n) is 13.6. The molecule has 0 saturated carbocycles. The van der Waals surface area contributed by atoms with E-state index in [1.165, 1.54) is 30.4 Å². The second-order valence-electron chi connectivity index (χ2n) is 5.31. The van der Waals surface area contributed by atoms with Crippen molar-refractivity contribution in [3.8, 4) is 0 Å². The summed E-state index contributed by atoms with van der Waals surface area (Å²) in [5, 5.41) is 2.62. The summed E-state index contributed by atoms with van der Waals surface area (Å²) < 4.78 is 5.21. The Balaban J connectivity index is 1.98. The fourth-order valence-electron chi connectivity index (χ4n) is 2.07. The van der Waals surface area contributed by atoms with E-state index < -0.39 is 23.9 Å². The van der Waals surface area contributed by atoms with E-state index in [2.05, 4.69) is 5.32 Å². The van der Waals surface area contributed by atoms with Crippen LogP contribution >= 0.6 is 11.3 Å². The summed E-state index contributed by atoms with van der Waals surface area (Å²) in [6.07, 6.45) is -0.951. The molecule has 0 aliphatic heterocycles. The van der Waals surface area contributed by atoms with E-state index in [4.69, 9.17) is 10.5 Å². The molecule has 24 heavy (non-hydrogen) atoms. The van der Waals surface area contributed by atoms with Crippen molar-refractivity contribution in [1.29, 1.82) is 0 Å². The molecule has 1 aromatic carbocycles. The third-order valence-corrected chi connectivity index (χ3v) is 4.32. The molecular weight excluding hydrogens is 328 g/mol. The topological polar surface area (TPSA) is 98.5 Å². The smallest absolute Gasteiger partial charge is 0.340 e. The van der Waals surface area contributed by atoms with Gasteiger partial charge in [0.15, 0.2) is 6.10 Å². The first-order valence-corrected chi connectivity index (χ1v) is 8.08. The van der Waals surface area contributed by atoms with Gasteiger partial charge in [0.25, 0.3) is 5.91 Å². The van der Waals surface area contributed by atoms with Gasteiger partial charge >= 0.3 is 5.97 Å². The van der Waals surface area contributed by atoms with E-state index in [0.29, 0.717) is 16.8 Å². The molecule has 0 aliphatic rings. The Morgan fingerprint density at radius 1 is 1.17 bits per heavy atom. The van der Waals surface area contributed by atoms with E-state index in [1.54, 1.807) is 18.2 Å². The van der Waals surface area contributed by atoms with Crippen LogP contribution in [0.1, 0.15) is 37.4 Å². The van der Waals surface area contributed by atoms with Gasteiger partial charge in [-0.15, -0.1) is 11.3 Å². The number of esters is 1. The molecular formula is C17H18N2O4S. The number of hydrogen-bond donors (Lipinski definition) is 2. The highest BCUT2D eigenvalue weighted by Gasteiger charge is 2.21. The van der Waals surface area contributed by atoms with Gasteiger partial charge in [0.1, 0.15) is 0 Å². The Labute approximate surface area is 143 Å². The van der Waals surface area contributed by atoms with Crippen LogP contribution in [-0.2, 0) is 9.53 Å². The minimum atomic E-state index is -0.951. The molecule has 1 heterocycles. The second kappa shape index (κ2) is 7.27. The summed E-state index contributed by atoms with van der Waals surface area (Å²) in [6.45, 7) is 5.24. The number of ether oxygens (including phenoxy) is 1. The van der Waals surface area contributed by atoms with Gasteiger partial charge in [0.05, 0.1) is 5.56 Å². The maximum atomic E-state index is 12.1. The molecule has 0 radical (unpaired) electrons. The molecule has 1 atom stereocenters. The molecule has 2 aromatic rings. The van der Waals surface area contributed by atoms with Gasteiger partial charge in [0, 0.05) is 21.0 Å². The van der Waals surface area contributed by atoms with Crippen molar-refractivity contribution in [3.05, 3.63) is 51.2 Å². The van der Waals surface area contributed by atoms with Crippen molar-refractivity contribution in [2.75, 3.05) is 5.32 Å². The van der Waals surface area contributed by atoms with Crippen molar-refractivity contribution < 1.29 is 19.1 Å². The number of benzene rings is 1. The Bertz CT molecular complexity index is 780. The lowest BCUT2D eigenvalue weighted by Gasteiger charge is -2.13. The Morgan fingerprint density at radius 3 is 2.29 bits per heavy atom. The van der Waals surface area contributed by atoms with Crippen molar-refractivity contribution >= 4 is 34.8 Å². The zero-order chi connectivity index (χ0) is 17.9. The van der Waals surface area contributed by atoms with Gasteiger partial charge in [-0.1, -0.05) is 0 Å². The molecule has 2 rings (SSSR count). The van der Waals surface area contributed by atoms with Gasteiger partial charge in [-0.05, 0) is 51.1 Å². The molecule has 0 bridgehead atoms. The minimum Gasteiger partial charge on any atom is -0.449 e. The first kappa shape index (κ1) is 17.7. The Morgan fingerprint density at radius 2 is 1.79 bits per heavy atom. The average Bonchev–Trinajstić information content (AvgIpc) is 2.86. The summed E-state index contributed by atoms with van der Waals surface area (Å²) in [4.78, 5) is 37.1. The predicted octanol–water partition coefficient (Wildman–Crippen LogP) is 2.65. The van der Waals surface area contributed by atoms with E-state index in [9.17, 15) is 14.4 Å². The molecule has 0 unspecified atom stereocenters. The molecule has 0 aliphatic carbocycles. The molecule has 126 valence electrons. The highest BCUT2D eigenvalue weighted by atomic mass is 32.1. The van der Waals surface area contributed by atoms with Gasteiger partial charge in [-0.2, -0.15) is 0 Å².